The Morgan fingerprint density at radius 1 is 0.810 bits per heavy atom. The Balaban J connectivity index is 0.000000272. The quantitative estimate of drug-likeness (QED) is 0.835. The van der Waals surface area contributed by atoms with Gasteiger partial charge in [0.2, 0.25) is 0 Å². The number of para-hydroxylation sites is 1. The van der Waals surface area contributed by atoms with E-state index in [9.17, 15) is 0 Å². The minimum absolute atomic E-state index is 0.777. The van der Waals surface area contributed by atoms with Crippen LogP contribution in [0.15, 0.2) is 60.7 Å². The molecule has 21 heavy (non-hydrogen) atoms. The fourth-order valence-electron chi connectivity index (χ4n) is 2.25. The highest BCUT2D eigenvalue weighted by atomic mass is 16.5. The van der Waals surface area contributed by atoms with E-state index < -0.39 is 0 Å². The Morgan fingerprint density at radius 3 is 2.00 bits per heavy atom. The minimum Gasteiger partial charge on any atom is -0.494 e. The van der Waals surface area contributed by atoms with Crippen LogP contribution in [-0.4, -0.2) is 19.7 Å². The molecule has 2 aromatic rings. The highest BCUT2D eigenvalue weighted by molar-refractivity contribution is 5.21. The molecule has 0 radical (unpaired) electrons. The lowest BCUT2D eigenvalue weighted by Gasteiger charge is -2.05. The van der Waals surface area contributed by atoms with Gasteiger partial charge in [0.05, 0.1) is 6.61 Å². The van der Waals surface area contributed by atoms with Crippen molar-refractivity contribution in [1.82, 2.24) is 5.32 Å². The van der Waals surface area contributed by atoms with E-state index in [1.54, 1.807) is 0 Å². The molecule has 1 aliphatic rings. The summed E-state index contributed by atoms with van der Waals surface area (Å²) in [4.78, 5) is 0. The second-order valence-electron chi connectivity index (χ2n) is 5.21. The summed E-state index contributed by atoms with van der Waals surface area (Å²) in [5, 5.41) is 3.22. The number of ether oxygens (including phenoxy) is 1. The van der Waals surface area contributed by atoms with E-state index in [2.05, 4.69) is 29.6 Å². The number of aryl methyl sites for hydroxylation is 1. The maximum atomic E-state index is 5.63. The van der Waals surface area contributed by atoms with Crippen LogP contribution >= 0.6 is 0 Å². The second kappa shape index (κ2) is 10.0. The van der Waals surface area contributed by atoms with E-state index in [1.807, 2.05) is 36.4 Å². The average molecular weight is 283 g/mol. The lowest BCUT2D eigenvalue weighted by Crippen LogP contribution is -2.03. The third-order valence-electron chi connectivity index (χ3n) is 3.42. The van der Waals surface area contributed by atoms with Crippen LogP contribution in [0, 0.1) is 0 Å². The van der Waals surface area contributed by atoms with Crippen molar-refractivity contribution < 1.29 is 4.74 Å². The van der Waals surface area contributed by atoms with Crippen molar-refractivity contribution >= 4 is 0 Å². The molecule has 1 fully saturated rings. The topological polar surface area (TPSA) is 21.3 Å². The van der Waals surface area contributed by atoms with Crippen LogP contribution in [0.2, 0.25) is 0 Å². The second-order valence-corrected chi connectivity index (χ2v) is 5.21. The first-order valence-corrected chi connectivity index (χ1v) is 7.87. The Hall–Kier alpha value is -1.80. The smallest absolute Gasteiger partial charge is 0.119 e. The fraction of sp³-hybridized carbons (Fsp3) is 0.368. The number of hydrogen-bond acceptors (Lipinski definition) is 2. The van der Waals surface area contributed by atoms with E-state index in [4.69, 9.17) is 4.74 Å². The van der Waals surface area contributed by atoms with Gasteiger partial charge in [-0.15, -0.1) is 0 Å². The molecule has 2 aromatic carbocycles. The van der Waals surface area contributed by atoms with Gasteiger partial charge in [0, 0.05) is 0 Å². The molecule has 112 valence electrons. The number of benzene rings is 2. The zero-order valence-electron chi connectivity index (χ0n) is 12.6. The molecule has 3 rings (SSSR count). The van der Waals surface area contributed by atoms with E-state index in [-0.39, 0.29) is 0 Å². The average Bonchev–Trinajstić information content (AvgIpc) is 3.13. The van der Waals surface area contributed by atoms with Crippen molar-refractivity contribution in [2.75, 3.05) is 19.7 Å². The first-order chi connectivity index (χ1) is 10.4. The van der Waals surface area contributed by atoms with Gasteiger partial charge in [0.25, 0.3) is 0 Å². The van der Waals surface area contributed by atoms with Crippen LogP contribution in [0.25, 0.3) is 0 Å². The number of hydrogen-bond donors (Lipinski definition) is 1. The Kier molecular flexibility index (Phi) is 7.42. The van der Waals surface area contributed by atoms with E-state index >= 15 is 0 Å². The van der Waals surface area contributed by atoms with Crippen LogP contribution in [0.4, 0.5) is 0 Å². The molecule has 0 amide bonds. The van der Waals surface area contributed by atoms with Crippen molar-refractivity contribution in [3.63, 3.8) is 0 Å². The Morgan fingerprint density at radius 2 is 1.43 bits per heavy atom. The molecule has 0 atom stereocenters. The summed E-state index contributed by atoms with van der Waals surface area (Å²) in [6, 6.07) is 20.5. The molecule has 0 bridgehead atoms. The maximum absolute atomic E-state index is 5.63. The van der Waals surface area contributed by atoms with Gasteiger partial charge in [-0.05, 0) is 56.5 Å². The molecule has 1 saturated heterocycles. The SMILES string of the molecule is C1CCNC1.c1ccc(CCCOc2ccccc2)cc1. The van der Waals surface area contributed by atoms with Crippen LogP contribution in [0.5, 0.6) is 5.75 Å². The summed E-state index contributed by atoms with van der Waals surface area (Å²) in [6.07, 6.45) is 4.91. The zero-order chi connectivity index (χ0) is 14.6. The highest BCUT2D eigenvalue weighted by Gasteiger charge is 1.94. The van der Waals surface area contributed by atoms with Crippen LogP contribution in [-0.2, 0) is 6.42 Å². The Bertz CT molecular complexity index is 416. The molecule has 0 saturated carbocycles. The van der Waals surface area contributed by atoms with E-state index in [1.165, 1.54) is 31.5 Å². The van der Waals surface area contributed by atoms with Gasteiger partial charge in [0.1, 0.15) is 5.75 Å². The zero-order valence-corrected chi connectivity index (χ0v) is 12.6. The van der Waals surface area contributed by atoms with Crippen molar-refractivity contribution in [2.24, 2.45) is 0 Å². The summed E-state index contributed by atoms with van der Waals surface area (Å²) in [6.45, 7) is 3.28. The van der Waals surface area contributed by atoms with Crippen LogP contribution in [0.3, 0.4) is 0 Å². The highest BCUT2D eigenvalue weighted by Crippen LogP contribution is 2.09. The first-order valence-electron chi connectivity index (χ1n) is 7.87. The van der Waals surface area contributed by atoms with Crippen molar-refractivity contribution in [2.45, 2.75) is 25.7 Å². The van der Waals surface area contributed by atoms with Gasteiger partial charge in [-0.3, -0.25) is 0 Å². The van der Waals surface area contributed by atoms with Gasteiger partial charge in [-0.1, -0.05) is 48.5 Å². The molecular weight excluding hydrogens is 258 g/mol. The molecule has 0 aliphatic carbocycles. The third kappa shape index (κ3) is 6.96. The molecule has 2 heteroatoms. The maximum Gasteiger partial charge on any atom is 0.119 e. The predicted molar refractivity (Wildman–Crippen MR) is 88.8 cm³/mol. The van der Waals surface area contributed by atoms with Gasteiger partial charge in [-0.2, -0.15) is 0 Å². The normalized spacial score (nSPS) is 13.3. The predicted octanol–water partition coefficient (Wildman–Crippen LogP) is 4.07. The van der Waals surface area contributed by atoms with Gasteiger partial charge in [0.15, 0.2) is 0 Å². The number of rotatable bonds is 5. The molecule has 0 aromatic heterocycles. The summed E-state index contributed by atoms with van der Waals surface area (Å²) >= 11 is 0. The van der Waals surface area contributed by atoms with Crippen LogP contribution in [0.1, 0.15) is 24.8 Å². The standard InChI is InChI=1S/C15H16O.C4H9N/c1-3-8-14(9-4-1)10-7-13-16-15-11-5-2-6-12-15;1-2-4-5-3-1/h1-6,8-9,11-12H,7,10,13H2;5H,1-4H2. The van der Waals surface area contributed by atoms with Crippen molar-refractivity contribution in [3.05, 3.63) is 66.2 Å². The monoisotopic (exact) mass is 283 g/mol. The molecule has 0 unspecified atom stereocenters. The molecular formula is C19H25NO. The lowest BCUT2D eigenvalue weighted by molar-refractivity contribution is 0.311. The largest absolute Gasteiger partial charge is 0.494 e. The van der Waals surface area contributed by atoms with Crippen LogP contribution < -0.4 is 10.1 Å². The van der Waals surface area contributed by atoms with Gasteiger partial charge in [-0.25, -0.2) is 0 Å². The summed E-state index contributed by atoms with van der Waals surface area (Å²) in [7, 11) is 0. The number of nitrogens with one attached hydrogen (secondary N) is 1. The molecule has 1 aliphatic heterocycles. The van der Waals surface area contributed by atoms with Gasteiger partial charge < -0.3 is 10.1 Å². The van der Waals surface area contributed by atoms with E-state index in [0.717, 1.165) is 25.2 Å². The molecule has 2 nitrogen and oxygen atoms in total. The summed E-state index contributed by atoms with van der Waals surface area (Å²) in [5.41, 5.74) is 1.37. The molecule has 1 heterocycles. The van der Waals surface area contributed by atoms with Crippen molar-refractivity contribution in [1.29, 1.82) is 0 Å². The van der Waals surface area contributed by atoms with Crippen molar-refractivity contribution in [3.8, 4) is 5.75 Å². The summed E-state index contributed by atoms with van der Waals surface area (Å²) < 4.78 is 5.63. The molecule has 1 N–H and O–H groups in total. The Labute approximate surface area is 128 Å². The minimum atomic E-state index is 0.777. The van der Waals surface area contributed by atoms with Gasteiger partial charge >= 0.3 is 0 Å². The lowest BCUT2D eigenvalue weighted by atomic mass is 10.1. The molecule has 0 spiro atoms. The summed E-state index contributed by atoms with van der Waals surface area (Å²) in [5.74, 6) is 0.954. The van der Waals surface area contributed by atoms with E-state index in [0.29, 0.717) is 0 Å². The first kappa shape index (κ1) is 15.6. The third-order valence-corrected chi connectivity index (χ3v) is 3.42. The fourth-order valence-corrected chi connectivity index (χ4v) is 2.25.